The van der Waals surface area contributed by atoms with E-state index < -0.39 is 0 Å². The Hall–Kier alpha value is -1.56. The second-order valence-electron chi connectivity index (χ2n) is 5.40. The van der Waals surface area contributed by atoms with E-state index in [0.717, 1.165) is 30.7 Å². The molecule has 0 saturated carbocycles. The third kappa shape index (κ3) is 2.10. The molecule has 3 atom stereocenters. The maximum atomic E-state index is 12.2. The third-order valence-corrected chi connectivity index (χ3v) is 4.39. The average molecular weight is 265 g/mol. The fraction of sp³-hybridized carbons (Fsp3) is 0.692. The first-order chi connectivity index (χ1) is 9.20. The van der Waals surface area contributed by atoms with Gasteiger partial charge in [0.05, 0.1) is 6.54 Å². The number of aliphatic hydroxyl groups excluding tert-OH is 1. The van der Waals surface area contributed by atoms with Crippen LogP contribution >= 0.6 is 0 Å². The van der Waals surface area contributed by atoms with E-state index >= 15 is 0 Å². The van der Waals surface area contributed by atoms with Gasteiger partial charge in [0.25, 0.3) is 0 Å². The molecule has 2 N–H and O–H groups in total. The van der Waals surface area contributed by atoms with Gasteiger partial charge < -0.3 is 19.7 Å². The Morgan fingerprint density at radius 2 is 2.47 bits per heavy atom. The van der Waals surface area contributed by atoms with Crippen LogP contribution in [0.2, 0.25) is 0 Å². The summed E-state index contributed by atoms with van der Waals surface area (Å²) >= 11 is 0. The lowest BCUT2D eigenvalue weighted by Gasteiger charge is -2.23. The second kappa shape index (κ2) is 4.85. The molecule has 2 fully saturated rings. The maximum absolute atomic E-state index is 12.2. The van der Waals surface area contributed by atoms with Crippen molar-refractivity contribution in [2.75, 3.05) is 6.61 Å². The summed E-state index contributed by atoms with van der Waals surface area (Å²) in [7, 11) is 0. The van der Waals surface area contributed by atoms with Crippen LogP contribution in [-0.2, 0) is 6.54 Å². The predicted molar refractivity (Wildman–Crippen MR) is 67.3 cm³/mol. The number of nitrogens with zero attached hydrogens (tertiary/aromatic N) is 2. The van der Waals surface area contributed by atoms with Crippen molar-refractivity contribution in [2.45, 2.75) is 44.8 Å². The van der Waals surface area contributed by atoms with E-state index in [2.05, 4.69) is 10.3 Å². The van der Waals surface area contributed by atoms with Gasteiger partial charge in [-0.25, -0.2) is 9.78 Å². The van der Waals surface area contributed by atoms with E-state index in [-0.39, 0.29) is 24.6 Å². The molecular formula is C13H19N3O3. The highest BCUT2D eigenvalue weighted by Crippen LogP contribution is 2.41. The normalized spacial score (nSPS) is 28.9. The Morgan fingerprint density at radius 1 is 1.63 bits per heavy atom. The van der Waals surface area contributed by atoms with Crippen LogP contribution in [0, 0.1) is 12.8 Å². The van der Waals surface area contributed by atoms with Gasteiger partial charge in [-0.1, -0.05) is 0 Å². The number of aryl methyl sites for hydroxylation is 1. The smallest absolute Gasteiger partial charge is 0.318 e. The molecule has 2 amide bonds. The molecule has 1 aromatic heterocycles. The predicted octanol–water partition coefficient (Wildman–Crippen LogP) is 1.04. The summed E-state index contributed by atoms with van der Waals surface area (Å²) in [6, 6.07) is 0.444. The molecular weight excluding hydrogens is 246 g/mol. The molecule has 2 aliphatic heterocycles. The number of fused-ring (bicyclic) bond motifs is 2. The van der Waals surface area contributed by atoms with E-state index in [1.165, 1.54) is 6.39 Å². The minimum atomic E-state index is -0.0501. The molecule has 0 radical (unpaired) electrons. The number of nitrogens with one attached hydrogen (secondary N) is 1. The molecule has 3 heterocycles. The summed E-state index contributed by atoms with van der Waals surface area (Å²) in [4.78, 5) is 18.2. The van der Waals surface area contributed by atoms with Crippen LogP contribution in [-0.4, -0.2) is 39.7 Å². The number of carbonyl (C=O) groups is 1. The Balaban J connectivity index is 1.61. The molecule has 2 aliphatic rings. The van der Waals surface area contributed by atoms with E-state index in [1.807, 2.05) is 11.8 Å². The highest BCUT2D eigenvalue weighted by atomic mass is 16.3. The van der Waals surface area contributed by atoms with Crippen LogP contribution in [0.1, 0.15) is 30.7 Å². The van der Waals surface area contributed by atoms with Crippen LogP contribution in [0.3, 0.4) is 0 Å². The number of hydrogen-bond donors (Lipinski definition) is 2. The van der Waals surface area contributed by atoms with Crippen molar-refractivity contribution in [1.82, 2.24) is 15.2 Å². The zero-order valence-corrected chi connectivity index (χ0v) is 11.0. The Bertz CT molecular complexity index is 473. The molecule has 104 valence electrons. The monoisotopic (exact) mass is 265 g/mol. The SMILES string of the molecule is Cc1ocnc1CNC(=O)N1C2CCC1C(CO)C2. The number of hydrogen-bond acceptors (Lipinski definition) is 4. The van der Waals surface area contributed by atoms with Gasteiger partial charge in [0, 0.05) is 24.6 Å². The summed E-state index contributed by atoms with van der Waals surface area (Å²) in [5.74, 6) is 0.983. The molecule has 1 aromatic rings. The van der Waals surface area contributed by atoms with Gasteiger partial charge in [-0.3, -0.25) is 0 Å². The topological polar surface area (TPSA) is 78.6 Å². The van der Waals surface area contributed by atoms with Crippen molar-refractivity contribution in [1.29, 1.82) is 0 Å². The number of aliphatic hydroxyl groups is 1. The lowest BCUT2D eigenvalue weighted by atomic mass is 9.90. The van der Waals surface area contributed by atoms with E-state index in [1.54, 1.807) is 0 Å². The molecule has 3 rings (SSSR count). The minimum absolute atomic E-state index is 0.0501. The zero-order valence-electron chi connectivity index (χ0n) is 11.0. The van der Waals surface area contributed by atoms with Crippen LogP contribution in [0.5, 0.6) is 0 Å². The van der Waals surface area contributed by atoms with Gasteiger partial charge in [-0.2, -0.15) is 0 Å². The first-order valence-electron chi connectivity index (χ1n) is 6.76. The summed E-state index contributed by atoms with van der Waals surface area (Å²) in [6.07, 6.45) is 4.37. The minimum Gasteiger partial charge on any atom is -0.448 e. The average Bonchev–Trinajstić information content (AvgIpc) is 3.09. The molecule has 6 nitrogen and oxygen atoms in total. The molecule has 0 spiro atoms. The summed E-state index contributed by atoms with van der Waals surface area (Å²) in [5.41, 5.74) is 0.763. The number of oxazole rings is 1. The van der Waals surface area contributed by atoms with E-state index in [9.17, 15) is 9.90 Å². The number of aromatic nitrogens is 1. The van der Waals surface area contributed by atoms with Crippen molar-refractivity contribution < 1.29 is 14.3 Å². The summed E-state index contributed by atoms with van der Waals surface area (Å²) < 4.78 is 5.10. The molecule has 6 heteroatoms. The Kier molecular flexibility index (Phi) is 3.18. The molecule has 3 unspecified atom stereocenters. The van der Waals surface area contributed by atoms with Crippen molar-refractivity contribution in [3.63, 3.8) is 0 Å². The van der Waals surface area contributed by atoms with Gasteiger partial charge in [0.1, 0.15) is 11.5 Å². The molecule has 0 aromatic carbocycles. The number of amides is 2. The van der Waals surface area contributed by atoms with Crippen LogP contribution in [0.15, 0.2) is 10.8 Å². The van der Waals surface area contributed by atoms with Crippen molar-refractivity contribution in [3.05, 3.63) is 17.8 Å². The quantitative estimate of drug-likeness (QED) is 0.856. The van der Waals surface area contributed by atoms with Gasteiger partial charge in [-0.05, 0) is 26.2 Å². The van der Waals surface area contributed by atoms with Crippen molar-refractivity contribution in [3.8, 4) is 0 Å². The molecule has 19 heavy (non-hydrogen) atoms. The van der Waals surface area contributed by atoms with Crippen LogP contribution in [0.25, 0.3) is 0 Å². The Labute approximate surface area is 111 Å². The molecule has 2 saturated heterocycles. The van der Waals surface area contributed by atoms with Crippen LogP contribution in [0.4, 0.5) is 4.79 Å². The molecule has 0 aliphatic carbocycles. The lowest BCUT2D eigenvalue weighted by molar-refractivity contribution is 0.169. The second-order valence-corrected chi connectivity index (χ2v) is 5.40. The van der Waals surface area contributed by atoms with Crippen molar-refractivity contribution in [2.24, 2.45) is 5.92 Å². The number of urea groups is 1. The fourth-order valence-corrected chi connectivity index (χ4v) is 3.37. The Morgan fingerprint density at radius 3 is 3.11 bits per heavy atom. The third-order valence-electron chi connectivity index (χ3n) is 4.39. The standard InChI is InChI=1S/C13H19N3O3/c1-8-11(15-7-19-8)5-14-13(18)16-10-2-3-12(16)9(4-10)6-17/h7,9-10,12,17H,2-6H2,1H3,(H,14,18). The van der Waals surface area contributed by atoms with E-state index in [4.69, 9.17) is 4.42 Å². The van der Waals surface area contributed by atoms with Gasteiger partial charge in [0.15, 0.2) is 6.39 Å². The zero-order chi connectivity index (χ0) is 13.4. The maximum Gasteiger partial charge on any atom is 0.318 e. The lowest BCUT2D eigenvalue weighted by Crippen LogP contribution is -2.43. The summed E-state index contributed by atoms with van der Waals surface area (Å²) in [6.45, 7) is 2.39. The number of carbonyl (C=O) groups excluding carboxylic acids is 1. The first-order valence-corrected chi connectivity index (χ1v) is 6.76. The van der Waals surface area contributed by atoms with Gasteiger partial charge >= 0.3 is 6.03 Å². The number of rotatable bonds is 3. The van der Waals surface area contributed by atoms with Gasteiger partial charge in [0.2, 0.25) is 0 Å². The van der Waals surface area contributed by atoms with E-state index in [0.29, 0.717) is 12.6 Å². The fourth-order valence-electron chi connectivity index (χ4n) is 3.37. The van der Waals surface area contributed by atoms with Gasteiger partial charge in [-0.15, -0.1) is 0 Å². The largest absolute Gasteiger partial charge is 0.448 e. The highest BCUT2D eigenvalue weighted by Gasteiger charge is 2.48. The highest BCUT2D eigenvalue weighted by molar-refractivity contribution is 5.75. The van der Waals surface area contributed by atoms with Crippen molar-refractivity contribution >= 4 is 6.03 Å². The first kappa shape index (κ1) is 12.5. The molecule has 2 bridgehead atoms. The summed E-state index contributed by atoms with van der Waals surface area (Å²) in [5, 5.41) is 12.2. The van der Waals surface area contributed by atoms with Crippen LogP contribution < -0.4 is 5.32 Å².